The number of rotatable bonds is 7. The molecule has 1 heterocycles. The molecule has 2 unspecified atom stereocenters. The third kappa shape index (κ3) is 6.13. The largest absolute Gasteiger partial charge is 0.480 e. The first kappa shape index (κ1) is 18.1. The van der Waals surface area contributed by atoms with Gasteiger partial charge in [-0.2, -0.15) is 11.8 Å². The minimum absolute atomic E-state index is 0.0355. The SMILES string of the molecule is CCSCCC(C)NC(=O)N1CCN(C(C)C(=O)O)CC1. The highest BCUT2D eigenvalue weighted by molar-refractivity contribution is 7.99. The summed E-state index contributed by atoms with van der Waals surface area (Å²) in [5.41, 5.74) is 0. The number of nitrogens with one attached hydrogen (secondary N) is 1. The van der Waals surface area contributed by atoms with Crippen LogP contribution in [0.2, 0.25) is 0 Å². The molecule has 7 heteroatoms. The summed E-state index contributed by atoms with van der Waals surface area (Å²) in [6, 6.07) is -0.348. The van der Waals surface area contributed by atoms with Crippen LogP contribution in [-0.4, -0.2) is 76.7 Å². The van der Waals surface area contributed by atoms with Crippen molar-refractivity contribution in [1.29, 1.82) is 0 Å². The van der Waals surface area contributed by atoms with Crippen molar-refractivity contribution in [2.45, 2.75) is 39.3 Å². The van der Waals surface area contributed by atoms with E-state index in [4.69, 9.17) is 5.11 Å². The Labute approximate surface area is 131 Å². The minimum Gasteiger partial charge on any atom is -0.480 e. The van der Waals surface area contributed by atoms with E-state index in [0.29, 0.717) is 26.2 Å². The van der Waals surface area contributed by atoms with Crippen LogP contribution in [0, 0.1) is 0 Å². The van der Waals surface area contributed by atoms with Crippen LogP contribution in [0.25, 0.3) is 0 Å². The Morgan fingerprint density at radius 2 is 1.86 bits per heavy atom. The number of piperazine rings is 1. The number of carboxylic acid groups (broad SMARTS) is 1. The molecule has 0 aliphatic carbocycles. The summed E-state index contributed by atoms with van der Waals surface area (Å²) < 4.78 is 0. The van der Waals surface area contributed by atoms with Gasteiger partial charge in [0.25, 0.3) is 0 Å². The van der Waals surface area contributed by atoms with Crippen LogP contribution < -0.4 is 5.32 Å². The number of carboxylic acids is 1. The number of hydrogen-bond donors (Lipinski definition) is 2. The van der Waals surface area contributed by atoms with Crippen molar-refractivity contribution in [1.82, 2.24) is 15.1 Å². The van der Waals surface area contributed by atoms with E-state index in [1.165, 1.54) is 0 Å². The molecule has 2 N–H and O–H groups in total. The molecule has 0 bridgehead atoms. The Hall–Kier alpha value is -0.950. The van der Waals surface area contributed by atoms with Crippen LogP contribution in [-0.2, 0) is 4.79 Å². The highest BCUT2D eigenvalue weighted by atomic mass is 32.2. The van der Waals surface area contributed by atoms with Crippen molar-refractivity contribution in [2.75, 3.05) is 37.7 Å². The number of hydrogen-bond acceptors (Lipinski definition) is 4. The van der Waals surface area contributed by atoms with Gasteiger partial charge in [0.05, 0.1) is 0 Å². The van der Waals surface area contributed by atoms with Gasteiger partial charge < -0.3 is 15.3 Å². The van der Waals surface area contributed by atoms with Gasteiger partial charge >= 0.3 is 12.0 Å². The summed E-state index contributed by atoms with van der Waals surface area (Å²) in [5.74, 6) is 1.35. The lowest BCUT2D eigenvalue weighted by Gasteiger charge is -2.37. The zero-order valence-electron chi connectivity index (χ0n) is 13.2. The normalized spacial score (nSPS) is 19.1. The fourth-order valence-corrected chi connectivity index (χ4v) is 3.06. The number of thioether (sulfide) groups is 1. The van der Waals surface area contributed by atoms with E-state index in [0.717, 1.165) is 17.9 Å². The van der Waals surface area contributed by atoms with Crippen molar-refractivity contribution in [3.8, 4) is 0 Å². The maximum atomic E-state index is 12.1. The Morgan fingerprint density at radius 1 is 1.24 bits per heavy atom. The van der Waals surface area contributed by atoms with E-state index in [1.54, 1.807) is 11.8 Å². The maximum Gasteiger partial charge on any atom is 0.320 e. The number of nitrogens with zero attached hydrogens (tertiary/aromatic N) is 2. The van der Waals surface area contributed by atoms with Crippen molar-refractivity contribution >= 4 is 23.8 Å². The molecule has 1 aliphatic heterocycles. The van der Waals surface area contributed by atoms with Gasteiger partial charge in [-0.1, -0.05) is 6.92 Å². The lowest BCUT2D eigenvalue weighted by atomic mass is 10.2. The van der Waals surface area contributed by atoms with E-state index < -0.39 is 12.0 Å². The second-order valence-electron chi connectivity index (χ2n) is 5.37. The number of aliphatic carboxylic acids is 1. The third-order valence-corrected chi connectivity index (χ3v) is 4.71. The zero-order valence-corrected chi connectivity index (χ0v) is 14.0. The lowest BCUT2D eigenvalue weighted by molar-refractivity contribution is -0.143. The summed E-state index contributed by atoms with van der Waals surface area (Å²) in [6.45, 7) is 8.23. The highest BCUT2D eigenvalue weighted by Gasteiger charge is 2.27. The van der Waals surface area contributed by atoms with E-state index in [2.05, 4.69) is 12.2 Å². The first-order chi connectivity index (χ1) is 9.95. The average molecular weight is 317 g/mol. The number of urea groups is 1. The number of carbonyl (C=O) groups is 2. The molecule has 0 aromatic heterocycles. The maximum absolute atomic E-state index is 12.1. The molecule has 0 spiro atoms. The molecule has 0 aromatic rings. The van der Waals surface area contributed by atoms with Gasteiger partial charge in [0.1, 0.15) is 6.04 Å². The predicted octanol–water partition coefficient (Wildman–Crippen LogP) is 1.32. The molecule has 0 aromatic carbocycles. The fourth-order valence-electron chi connectivity index (χ4n) is 2.25. The predicted molar refractivity (Wildman–Crippen MR) is 85.9 cm³/mol. The van der Waals surface area contributed by atoms with Crippen LogP contribution in [0.15, 0.2) is 0 Å². The van der Waals surface area contributed by atoms with Crippen molar-refractivity contribution < 1.29 is 14.7 Å². The molecule has 1 fully saturated rings. The van der Waals surface area contributed by atoms with Crippen molar-refractivity contribution in [3.05, 3.63) is 0 Å². The minimum atomic E-state index is -0.810. The molecular formula is C14H27N3O3S. The smallest absolute Gasteiger partial charge is 0.320 e. The summed E-state index contributed by atoms with van der Waals surface area (Å²) in [6.07, 6.45) is 0.972. The zero-order chi connectivity index (χ0) is 15.8. The van der Waals surface area contributed by atoms with E-state index in [-0.39, 0.29) is 12.1 Å². The molecule has 1 rings (SSSR count). The Bertz CT molecular complexity index is 346. The second-order valence-corrected chi connectivity index (χ2v) is 6.77. The van der Waals surface area contributed by atoms with E-state index >= 15 is 0 Å². The monoisotopic (exact) mass is 317 g/mol. The summed E-state index contributed by atoms with van der Waals surface area (Å²) in [5, 5.41) is 12.0. The Kier molecular flexibility index (Phi) is 7.88. The molecule has 1 saturated heterocycles. The Balaban J connectivity index is 2.30. The Morgan fingerprint density at radius 3 is 2.38 bits per heavy atom. The molecule has 6 nitrogen and oxygen atoms in total. The first-order valence-corrected chi connectivity index (χ1v) is 8.71. The topological polar surface area (TPSA) is 72.9 Å². The van der Waals surface area contributed by atoms with Crippen molar-refractivity contribution in [2.24, 2.45) is 0 Å². The summed E-state index contributed by atoms with van der Waals surface area (Å²) in [7, 11) is 0. The van der Waals surface area contributed by atoms with Crippen LogP contribution >= 0.6 is 11.8 Å². The van der Waals surface area contributed by atoms with Gasteiger partial charge in [-0.15, -0.1) is 0 Å². The molecule has 21 heavy (non-hydrogen) atoms. The summed E-state index contributed by atoms with van der Waals surface area (Å²) in [4.78, 5) is 26.7. The van der Waals surface area contributed by atoms with Gasteiger partial charge in [0, 0.05) is 32.2 Å². The number of carbonyl (C=O) groups excluding carboxylic acids is 1. The fraction of sp³-hybridized carbons (Fsp3) is 0.857. The van der Waals surface area contributed by atoms with Gasteiger partial charge in [-0.05, 0) is 31.8 Å². The quantitative estimate of drug-likeness (QED) is 0.693. The van der Waals surface area contributed by atoms with Crippen LogP contribution in [0.1, 0.15) is 27.2 Å². The molecule has 0 radical (unpaired) electrons. The standard InChI is InChI=1S/C14H27N3O3S/c1-4-21-10-5-11(2)15-14(20)17-8-6-16(7-9-17)12(3)13(18)19/h11-12H,4-10H2,1-3H3,(H,15,20)(H,18,19). The van der Waals surface area contributed by atoms with Crippen LogP contribution in [0.4, 0.5) is 4.79 Å². The van der Waals surface area contributed by atoms with Gasteiger partial charge in [-0.25, -0.2) is 4.79 Å². The van der Waals surface area contributed by atoms with Gasteiger partial charge in [0.2, 0.25) is 0 Å². The van der Waals surface area contributed by atoms with E-state index in [1.807, 2.05) is 23.6 Å². The first-order valence-electron chi connectivity index (χ1n) is 7.55. The lowest BCUT2D eigenvalue weighted by Crippen LogP contribution is -2.55. The third-order valence-electron chi connectivity index (χ3n) is 3.78. The molecule has 1 aliphatic rings. The van der Waals surface area contributed by atoms with Crippen LogP contribution in [0.3, 0.4) is 0 Å². The molecular weight excluding hydrogens is 290 g/mol. The van der Waals surface area contributed by atoms with Gasteiger partial charge in [0.15, 0.2) is 0 Å². The molecule has 2 atom stereocenters. The van der Waals surface area contributed by atoms with Crippen LogP contribution in [0.5, 0.6) is 0 Å². The van der Waals surface area contributed by atoms with Gasteiger partial charge in [-0.3, -0.25) is 9.69 Å². The summed E-state index contributed by atoms with van der Waals surface area (Å²) >= 11 is 1.88. The second kappa shape index (κ2) is 9.15. The van der Waals surface area contributed by atoms with E-state index in [9.17, 15) is 9.59 Å². The van der Waals surface area contributed by atoms with Crippen molar-refractivity contribution in [3.63, 3.8) is 0 Å². The number of amides is 2. The highest BCUT2D eigenvalue weighted by Crippen LogP contribution is 2.08. The molecule has 122 valence electrons. The molecule has 2 amide bonds. The molecule has 0 saturated carbocycles. The average Bonchev–Trinajstić information content (AvgIpc) is 2.46.